The molecule has 2 aromatic carbocycles. The molecule has 0 bridgehead atoms. The predicted molar refractivity (Wildman–Crippen MR) is 90.4 cm³/mol. The van der Waals surface area contributed by atoms with Crippen molar-refractivity contribution in [1.29, 1.82) is 0 Å². The maximum atomic E-state index is 12.9. The molecule has 0 unspecified atom stereocenters. The number of hydrogen-bond donors (Lipinski definition) is 0. The Balaban J connectivity index is 1.48. The summed E-state index contributed by atoms with van der Waals surface area (Å²) < 4.78 is 18.3. The lowest BCUT2D eigenvalue weighted by atomic mass is 10.1. The monoisotopic (exact) mass is 323 g/mol. The summed E-state index contributed by atoms with van der Waals surface area (Å²) in [4.78, 5) is 6.83. The molecule has 0 saturated carbocycles. The quantitative estimate of drug-likeness (QED) is 0.726. The van der Waals surface area contributed by atoms with Crippen LogP contribution < -0.4 is 4.90 Å². The molecular formula is C19H18FN3O. The molecular weight excluding hydrogens is 305 g/mol. The Labute approximate surface area is 139 Å². The van der Waals surface area contributed by atoms with Gasteiger partial charge in [-0.05, 0) is 54.8 Å². The number of hydrogen-bond acceptors (Lipinski definition) is 4. The molecule has 5 heteroatoms. The molecule has 0 atom stereocenters. The molecule has 2 heterocycles. The second kappa shape index (κ2) is 6.43. The van der Waals surface area contributed by atoms with Crippen LogP contribution in [0.4, 0.5) is 10.1 Å². The summed E-state index contributed by atoms with van der Waals surface area (Å²) in [7, 11) is 0. The van der Waals surface area contributed by atoms with E-state index in [-0.39, 0.29) is 5.82 Å². The molecule has 3 aromatic rings. The zero-order valence-corrected chi connectivity index (χ0v) is 13.3. The van der Waals surface area contributed by atoms with Crippen molar-refractivity contribution in [1.82, 2.24) is 10.1 Å². The highest BCUT2D eigenvalue weighted by Gasteiger charge is 2.13. The lowest BCUT2D eigenvalue weighted by molar-refractivity contribution is 0.385. The third-order valence-corrected chi connectivity index (χ3v) is 4.33. The fraction of sp³-hybridized carbons (Fsp3) is 0.263. The third kappa shape index (κ3) is 3.15. The first-order chi connectivity index (χ1) is 11.8. The van der Waals surface area contributed by atoms with Crippen molar-refractivity contribution in [2.24, 2.45) is 0 Å². The van der Waals surface area contributed by atoms with Gasteiger partial charge < -0.3 is 9.42 Å². The summed E-state index contributed by atoms with van der Waals surface area (Å²) in [5.74, 6) is 0.864. The first-order valence-corrected chi connectivity index (χ1v) is 8.20. The molecule has 0 spiro atoms. The Morgan fingerprint density at radius 3 is 2.38 bits per heavy atom. The fourth-order valence-corrected chi connectivity index (χ4v) is 3.02. The molecule has 4 nitrogen and oxygen atoms in total. The van der Waals surface area contributed by atoms with Crippen LogP contribution in [0.1, 0.15) is 24.3 Å². The maximum Gasteiger partial charge on any atom is 0.231 e. The summed E-state index contributed by atoms with van der Waals surface area (Å²) in [5.41, 5.74) is 3.12. The summed E-state index contributed by atoms with van der Waals surface area (Å²) in [5, 5.41) is 4.05. The molecule has 122 valence electrons. The number of halogens is 1. The Morgan fingerprint density at radius 2 is 1.67 bits per heavy atom. The third-order valence-electron chi connectivity index (χ3n) is 4.33. The Hall–Kier alpha value is -2.69. The van der Waals surface area contributed by atoms with Crippen molar-refractivity contribution in [2.75, 3.05) is 18.0 Å². The highest BCUT2D eigenvalue weighted by Crippen LogP contribution is 2.24. The Morgan fingerprint density at radius 1 is 0.958 bits per heavy atom. The van der Waals surface area contributed by atoms with Crippen LogP contribution >= 0.6 is 0 Å². The van der Waals surface area contributed by atoms with Gasteiger partial charge in [-0.15, -0.1) is 0 Å². The topological polar surface area (TPSA) is 42.2 Å². The van der Waals surface area contributed by atoms with Gasteiger partial charge in [0.2, 0.25) is 11.7 Å². The zero-order chi connectivity index (χ0) is 16.4. The van der Waals surface area contributed by atoms with Gasteiger partial charge in [0.15, 0.2) is 0 Å². The molecule has 0 radical (unpaired) electrons. The van der Waals surface area contributed by atoms with Crippen LogP contribution in [0.15, 0.2) is 53.1 Å². The van der Waals surface area contributed by atoms with Gasteiger partial charge in [-0.2, -0.15) is 4.98 Å². The molecule has 1 aliphatic rings. The van der Waals surface area contributed by atoms with Crippen molar-refractivity contribution in [3.63, 3.8) is 0 Å². The molecule has 4 rings (SSSR count). The van der Waals surface area contributed by atoms with Crippen LogP contribution in [0.2, 0.25) is 0 Å². The van der Waals surface area contributed by atoms with Gasteiger partial charge in [-0.25, -0.2) is 4.39 Å². The van der Waals surface area contributed by atoms with E-state index in [0.29, 0.717) is 18.1 Å². The van der Waals surface area contributed by atoms with E-state index in [1.807, 2.05) is 12.1 Å². The van der Waals surface area contributed by atoms with Gasteiger partial charge in [-0.1, -0.05) is 17.3 Å². The molecule has 24 heavy (non-hydrogen) atoms. The first-order valence-electron chi connectivity index (χ1n) is 8.20. The van der Waals surface area contributed by atoms with Crippen LogP contribution in [-0.4, -0.2) is 23.2 Å². The number of rotatable bonds is 4. The standard InChI is InChI=1S/C19H18FN3O/c20-16-7-3-14(4-8-16)13-18-21-19(22-24-18)15-5-9-17(10-6-15)23-11-1-2-12-23/h3-10H,1-2,11-13H2. The molecule has 1 fully saturated rings. The van der Waals surface area contributed by atoms with E-state index in [1.165, 1.54) is 30.7 Å². The average Bonchev–Trinajstić information content (AvgIpc) is 3.29. The molecule has 1 aromatic heterocycles. The van der Waals surface area contributed by atoms with Crippen molar-refractivity contribution in [3.05, 3.63) is 65.8 Å². The van der Waals surface area contributed by atoms with Crippen molar-refractivity contribution in [3.8, 4) is 11.4 Å². The van der Waals surface area contributed by atoms with Gasteiger partial charge in [0.25, 0.3) is 0 Å². The SMILES string of the molecule is Fc1ccc(Cc2nc(-c3ccc(N4CCCC4)cc3)no2)cc1. The van der Waals surface area contributed by atoms with E-state index in [1.54, 1.807) is 12.1 Å². The largest absolute Gasteiger partial charge is 0.372 e. The Bertz CT molecular complexity index is 805. The van der Waals surface area contributed by atoms with Crippen LogP contribution in [0.3, 0.4) is 0 Å². The van der Waals surface area contributed by atoms with Gasteiger partial charge in [0.05, 0.1) is 6.42 Å². The van der Waals surface area contributed by atoms with E-state index >= 15 is 0 Å². The van der Waals surface area contributed by atoms with E-state index in [2.05, 4.69) is 27.2 Å². The van der Waals surface area contributed by atoms with Gasteiger partial charge in [0, 0.05) is 24.3 Å². The second-order valence-corrected chi connectivity index (χ2v) is 6.06. The van der Waals surface area contributed by atoms with Gasteiger partial charge in [0.1, 0.15) is 5.82 Å². The van der Waals surface area contributed by atoms with Crippen LogP contribution in [0, 0.1) is 5.82 Å². The normalized spacial score (nSPS) is 14.3. The van der Waals surface area contributed by atoms with Crippen molar-refractivity contribution < 1.29 is 8.91 Å². The minimum Gasteiger partial charge on any atom is -0.372 e. The lowest BCUT2D eigenvalue weighted by Crippen LogP contribution is -2.17. The molecule has 0 aliphatic carbocycles. The number of nitrogens with zero attached hydrogens (tertiary/aromatic N) is 3. The average molecular weight is 323 g/mol. The molecule has 0 amide bonds. The number of benzene rings is 2. The summed E-state index contributed by atoms with van der Waals surface area (Å²) in [6.07, 6.45) is 3.03. The Kier molecular flexibility index (Phi) is 3.99. The summed E-state index contributed by atoms with van der Waals surface area (Å²) in [6.45, 7) is 2.26. The van der Waals surface area contributed by atoms with Crippen LogP contribution in [0.5, 0.6) is 0 Å². The second-order valence-electron chi connectivity index (χ2n) is 6.06. The minimum atomic E-state index is -0.247. The maximum absolute atomic E-state index is 12.9. The molecule has 1 aliphatic heterocycles. The van der Waals surface area contributed by atoms with E-state index < -0.39 is 0 Å². The van der Waals surface area contributed by atoms with Gasteiger partial charge >= 0.3 is 0 Å². The van der Waals surface area contributed by atoms with Crippen LogP contribution in [0.25, 0.3) is 11.4 Å². The van der Waals surface area contributed by atoms with Crippen molar-refractivity contribution in [2.45, 2.75) is 19.3 Å². The zero-order valence-electron chi connectivity index (χ0n) is 13.3. The minimum absolute atomic E-state index is 0.247. The van der Waals surface area contributed by atoms with E-state index in [9.17, 15) is 4.39 Å². The molecule has 1 saturated heterocycles. The van der Waals surface area contributed by atoms with E-state index in [4.69, 9.17) is 4.52 Å². The lowest BCUT2D eigenvalue weighted by Gasteiger charge is -2.17. The summed E-state index contributed by atoms with van der Waals surface area (Å²) in [6, 6.07) is 14.6. The first kappa shape index (κ1) is 14.9. The van der Waals surface area contributed by atoms with Crippen LogP contribution in [-0.2, 0) is 6.42 Å². The van der Waals surface area contributed by atoms with Crippen molar-refractivity contribution >= 4 is 5.69 Å². The predicted octanol–water partition coefficient (Wildman–Crippen LogP) is 4.07. The smallest absolute Gasteiger partial charge is 0.231 e. The number of aromatic nitrogens is 2. The van der Waals surface area contributed by atoms with E-state index in [0.717, 1.165) is 24.2 Å². The highest BCUT2D eigenvalue weighted by molar-refractivity contribution is 5.60. The molecule has 0 N–H and O–H groups in total. The van der Waals surface area contributed by atoms with Gasteiger partial charge in [-0.3, -0.25) is 0 Å². The highest BCUT2D eigenvalue weighted by atomic mass is 19.1. The summed E-state index contributed by atoms with van der Waals surface area (Å²) >= 11 is 0. The number of anilines is 1. The fourth-order valence-electron chi connectivity index (χ4n) is 3.02.